The summed E-state index contributed by atoms with van der Waals surface area (Å²) in [5, 5.41) is 6.53. The number of aryl methyl sites for hydroxylation is 1. The molecule has 0 atom stereocenters. The molecule has 0 spiro atoms. The molecular formula is C21H31IN4O2S. The molecule has 0 radical (unpaired) electrons. The van der Waals surface area contributed by atoms with E-state index in [1.807, 2.05) is 32.0 Å². The van der Waals surface area contributed by atoms with Crippen LogP contribution in [-0.4, -0.2) is 38.8 Å². The maximum absolute atomic E-state index is 12.5. The summed E-state index contributed by atoms with van der Waals surface area (Å²) in [5.74, 6) is 0.692. The van der Waals surface area contributed by atoms with Crippen LogP contribution < -0.4 is 10.6 Å². The number of benzene rings is 2. The first-order valence-electron chi connectivity index (χ1n) is 9.31. The average molecular weight is 530 g/mol. The van der Waals surface area contributed by atoms with Gasteiger partial charge in [-0.05, 0) is 44.0 Å². The molecule has 2 N–H and O–H groups in total. The fraction of sp³-hybridized carbons (Fsp3) is 0.381. The van der Waals surface area contributed by atoms with Crippen LogP contribution in [0.25, 0.3) is 0 Å². The number of rotatable bonds is 7. The Morgan fingerprint density at radius 1 is 1.03 bits per heavy atom. The van der Waals surface area contributed by atoms with Gasteiger partial charge in [-0.2, -0.15) is 4.31 Å². The lowest BCUT2D eigenvalue weighted by Crippen LogP contribution is -2.36. The lowest BCUT2D eigenvalue weighted by atomic mass is 10.1. The van der Waals surface area contributed by atoms with Gasteiger partial charge in [0.25, 0.3) is 0 Å². The van der Waals surface area contributed by atoms with Crippen molar-refractivity contribution in [3.63, 3.8) is 0 Å². The van der Waals surface area contributed by atoms with Gasteiger partial charge in [0, 0.05) is 33.2 Å². The van der Waals surface area contributed by atoms with E-state index in [-0.39, 0.29) is 30.0 Å². The van der Waals surface area contributed by atoms with Gasteiger partial charge in [0.1, 0.15) is 0 Å². The maximum Gasteiger partial charge on any atom is 0.243 e. The summed E-state index contributed by atoms with van der Waals surface area (Å²) in [4.78, 5) is 4.53. The van der Waals surface area contributed by atoms with Gasteiger partial charge < -0.3 is 10.6 Å². The highest BCUT2D eigenvalue weighted by Gasteiger charge is 2.22. The predicted molar refractivity (Wildman–Crippen MR) is 130 cm³/mol. The van der Waals surface area contributed by atoms with Crippen molar-refractivity contribution < 1.29 is 8.42 Å². The Morgan fingerprint density at radius 3 is 2.14 bits per heavy atom. The third-order valence-corrected chi connectivity index (χ3v) is 6.60. The van der Waals surface area contributed by atoms with Gasteiger partial charge in [0.15, 0.2) is 5.96 Å². The first-order chi connectivity index (χ1) is 13.2. The molecule has 6 nitrogen and oxygen atoms in total. The lowest BCUT2D eigenvalue weighted by Gasteiger charge is -2.21. The summed E-state index contributed by atoms with van der Waals surface area (Å²) in [7, 11) is -0.135. The maximum atomic E-state index is 12.5. The van der Waals surface area contributed by atoms with Crippen LogP contribution in [0.2, 0.25) is 0 Å². The number of halogens is 1. The zero-order valence-corrected chi connectivity index (χ0v) is 20.8. The van der Waals surface area contributed by atoms with Crippen LogP contribution in [0.15, 0.2) is 58.4 Å². The van der Waals surface area contributed by atoms with E-state index in [1.54, 1.807) is 26.2 Å². The number of nitrogens with one attached hydrogen (secondary N) is 2. The number of guanidine groups is 1. The highest BCUT2D eigenvalue weighted by molar-refractivity contribution is 14.0. The van der Waals surface area contributed by atoms with Crippen LogP contribution in [0, 0.1) is 6.92 Å². The second-order valence-electron chi connectivity index (χ2n) is 7.03. The van der Waals surface area contributed by atoms with Crippen LogP contribution in [0.5, 0.6) is 0 Å². The molecule has 0 aliphatic rings. The molecule has 0 aromatic heterocycles. The molecule has 0 unspecified atom stereocenters. The smallest absolute Gasteiger partial charge is 0.243 e. The lowest BCUT2D eigenvalue weighted by molar-refractivity contribution is 0.410. The predicted octanol–water partition coefficient (Wildman–Crippen LogP) is 3.51. The fourth-order valence-electron chi connectivity index (χ4n) is 2.64. The number of sulfonamides is 1. The van der Waals surface area contributed by atoms with Crippen molar-refractivity contribution in [2.75, 3.05) is 14.1 Å². The van der Waals surface area contributed by atoms with Crippen LogP contribution >= 0.6 is 24.0 Å². The first kappa shape index (κ1) is 25.4. The van der Waals surface area contributed by atoms with Gasteiger partial charge in [-0.25, -0.2) is 8.42 Å². The molecule has 2 aromatic rings. The van der Waals surface area contributed by atoms with Crippen molar-refractivity contribution >= 4 is 40.0 Å². The van der Waals surface area contributed by atoms with Crippen LogP contribution in [0.1, 0.15) is 30.5 Å². The van der Waals surface area contributed by atoms with E-state index in [1.165, 1.54) is 15.4 Å². The van der Waals surface area contributed by atoms with Gasteiger partial charge in [0.2, 0.25) is 10.0 Å². The molecule has 2 rings (SSSR count). The summed E-state index contributed by atoms with van der Waals surface area (Å²) < 4.78 is 26.4. The molecular weight excluding hydrogens is 499 g/mol. The minimum absolute atomic E-state index is 0. The van der Waals surface area contributed by atoms with E-state index in [2.05, 4.69) is 40.7 Å². The van der Waals surface area contributed by atoms with Gasteiger partial charge in [-0.3, -0.25) is 4.99 Å². The Hall–Kier alpha value is -1.65. The van der Waals surface area contributed by atoms with Crippen molar-refractivity contribution in [3.05, 3.63) is 65.2 Å². The van der Waals surface area contributed by atoms with E-state index >= 15 is 0 Å². The first-order valence-corrected chi connectivity index (χ1v) is 10.7. The molecule has 2 aromatic carbocycles. The molecule has 29 heavy (non-hydrogen) atoms. The van der Waals surface area contributed by atoms with Crippen LogP contribution in [0.4, 0.5) is 0 Å². The minimum atomic E-state index is -3.46. The van der Waals surface area contributed by atoms with Crippen molar-refractivity contribution in [2.45, 2.75) is 44.8 Å². The van der Waals surface area contributed by atoms with Crippen molar-refractivity contribution in [3.8, 4) is 0 Å². The normalized spacial score (nSPS) is 12.0. The summed E-state index contributed by atoms with van der Waals surface area (Å²) in [5.41, 5.74) is 3.39. The Morgan fingerprint density at radius 2 is 1.62 bits per heavy atom. The van der Waals surface area contributed by atoms with Crippen molar-refractivity contribution in [1.29, 1.82) is 0 Å². The molecule has 160 valence electrons. The molecule has 0 heterocycles. The summed E-state index contributed by atoms with van der Waals surface area (Å²) >= 11 is 0. The topological polar surface area (TPSA) is 73.8 Å². The Kier molecular flexibility index (Phi) is 10.1. The summed E-state index contributed by atoms with van der Waals surface area (Å²) in [6.45, 7) is 7.00. The fourth-order valence-corrected chi connectivity index (χ4v) is 4.01. The molecule has 0 amide bonds. The molecule has 0 saturated carbocycles. The number of nitrogens with zero attached hydrogens (tertiary/aromatic N) is 2. The molecule has 0 aliphatic carbocycles. The highest BCUT2D eigenvalue weighted by Crippen LogP contribution is 2.17. The van der Waals surface area contributed by atoms with Gasteiger partial charge >= 0.3 is 0 Å². The molecule has 0 bridgehead atoms. The molecule has 0 fully saturated rings. The van der Waals surface area contributed by atoms with Gasteiger partial charge in [-0.15, -0.1) is 24.0 Å². The monoisotopic (exact) mass is 530 g/mol. The van der Waals surface area contributed by atoms with Gasteiger partial charge in [0.05, 0.1) is 4.90 Å². The van der Waals surface area contributed by atoms with Gasteiger partial charge in [-0.1, -0.05) is 42.0 Å². The Labute approximate surface area is 191 Å². The summed E-state index contributed by atoms with van der Waals surface area (Å²) in [6, 6.07) is 15.2. The van der Waals surface area contributed by atoms with Crippen molar-refractivity contribution in [1.82, 2.24) is 14.9 Å². The van der Waals surface area contributed by atoms with E-state index in [4.69, 9.17) is 0 Å². The molecule has 0 aliphatic heterocycles. The Bertz CT molecular complexity index is 913. The summed E-state index contributed by atoms with van der Waals surface area (Å²) in [6.07, 6.45) is 0. The van der Waals surface area contributed by atoms with Crippen LogP contribution in [0.3, 0.4) is 0 Å². The minimum Gasteiger partial charge on any atom is -0.352 e. The number of aliphatic imine (C=N–C) groups is 1. The third-order valence-electron chi connectivity index (χ3n) is 4.55. The second kappa shape index (κ2) is 11.5. The largest absolute Gasteiger partial charge is 0.352 e. The zero-order valence-electron chi connectivity index (χ0n) is 17.6. The third kappa shape index (κ3) is 7.27. The highest BCUT2D eigenvalue weighted by atomic mass is 127. The standard InChI is InChI=1S/C21H30N4O2S.HI/c1-16(2)25(5)28(26,27)20-11-9-18(10-12-20)14-23-21(22-4)24-15-19-8-6-7-17(3)13-19;/h6-13,16H,14-15H2,1-5H3,(H2,22,23,24);1H. The van der Waals surface area contributed by atoms with E-state index in [0.29, 0.717) is 23.9 Å². The average Bonchev–Trinajstić information content (AvgIpc) is 2.67. The number of hydrogen-bond donors (Lipinski definition) is 2. The van der Waals surface area contributed by atoms with Crippen molar-refractivity contribution in [2.24, 2.45) is 4.99 Å². The quantitative estimate of drug-likeness (QED) is 0.327. The number of hydrogen-bond acceptors (Lipinski definition) is 3. The van der Waals surface area contributed by atoms with E-state index in [9.17, 15) is 8.42 Å². The zero-order chi connectivity index (χ0) is 20.7. The SMILES string of the molecule is CN=C(NCc1ccc(S(=O)(=O)N(C)C(C)C)cc1)NCc1cccc(C)c1.I. The molecule has 8 heteroatoms. The molecule has 0 saturated heterocycles. The Balaban J connectivity index is 0.00000420. The van der Waals surface area contributed by atoms with E-state index in [0.717, 1.165) is 5.56 Å². The van der Waals surface area contributed by atoms with Crippen LogP contribution in [-0.2, 0) is 23.1 Å². The second-order valence-corrected chi connectivity index (χ2v) is 9.02. The van der Waals surface area contributed by atoms with E-state index < -0.39 is 10.0 Å².